The summed E-state index contributed by atoms with van der Waals surface area (Å²) in [4.78, 5) is 4.27. The molecule has 2 rings (SSSR count). The van der Waals surface area contributed by atoms with Crippen LogP contribution in [0.2, 0.25) is 0 Å². The first-order valence-electron chi connectivity index (χ1n) is 4.55. The van der Waals surface area contributed by atoms with Crippen molar-refractivity contribution in [2.75, 3.05) is 0 Å². The van der Waals surface area contributed by atoms with E-state index in [0.29, 0.717) is 0 Å². The van der Waals surface area contributed by atoms with Crippen LogP contribution in [0.1, 0.15) is 37.4 Å². The van der Waals surface area contributed by atoms with Gasteiger partial charge in [0.25, 0.3) is 0 Å². The van der Waals surface area contributed by atoms with Crippen molar-refractivity contribution in [1.29, 1.82) is 0 Å². The van der Waals surface area contributed by atoms with Crippen LogP contribution in [-0.4, -0.2) is 14.7 Å². The van der Waals surface area contributed by atoms with Gasteiger partial charge in [-0.2, -0.15) is 0 Å². The number of aromatic nitrogens is 2. The summed E-state index contributed by atoms with van der Waals surface area (Å²) in [5.41, 5.74) is 0.998. The second-order valence-electron chi connectivity index (χ2n) is 3.26. The molecular weight excluding hydrogens is 152 g/mol. The molecule has 0 fully saturated rings. The standard InChI is InChI=1S/C9H14N2O/c1-2-9-10-6-7-8(12)4-3-5-11(7)9/h6,8,12H,2-5H2,1H3. The van der Waals surface area contributed by atoms with E-state index in [-0.39, 0.29) is 6.10 Å². The van der Waals surface area contributed by atoms with Gasteiger partial charge in [-0.3, -0.25) is 0 Å². The molecule has 3 nitrogen and oxygen atoms in total. The lowest BCUT2D eigenvalue weighted by atomic mass is 10.1. The number of aliphatic hydroxyl groups is 1. The Morgan fingerprint density at radius 3 is 3.33 bits per heavy atom. The smallest absolute Gasteiger partial charge is 0.108 e. The van der Waals surface area contributed by atoms with E-state index in [1.54, 1.807) is 0 Å². The summed E-state index contributed by atoms with van der Waals surface area (Å²) in [7, 11) is 0. The molecule has 0 radical (unpaired) electrons. The van der Waals surface area contributed by atoms with Gasteiger partial charge < -0.3 is 9.67 Å². The molecule has 0 saturated heterocycles. The lowest BCUT2D eigenvalue weighted by Gasteiger charge is -2.20. The topological polar surface area (TPSA) is 38.0 Å². The predicted molar refractivity (Wildman–Crippen MR) is 45.8 cm³/mol. The van der Waals surface area contributed by atoms with E-state index in [0.717, 1.165) is 37.3 Å². The van der Waals surface area contributed by atoms with Gasteiger partial charge in [0.05, 0.1) is 18.0 Å². The van der Waals surface area contributed by atoms with Gasteiger partial charge in [0.2, 0.25) is 0 Å². The SMILES string of the molecule is CCc1ncc2n1CCCC2O. The molecule has 0 amide bonds. The number of nitrogens with zero attached hydrogens (tertiary/aromatic N) is 2. The normalized spacial score (nSPS) is 22.3. The number of hydrogen-bond donors (Lipinski definition) is 1. The summed E-state index contributed by atoms with van der Waals surface area (Å²) >= 11 is 0. The van der Waals surface area contributed by atoms with Crippen molar-refractivity contribution in [2.45, 2.75) is 38.8 Å². The second kappa shape index (κ2) is 2.90. The highest BCUT2D eigenvalue weighted by molar-refractivity contribution is 5.10. The zero-order valence-electron chi connectivity index (χ0n) is 7.32. The van der Waals surface area contributed by atoms with Gasteiger partial charge in [0, 0.05) is 13.0 Å². The molecule has 12 heavy (non-hydrogen) atoms. The fourth-order valence-corrected chi connectivity index (χ4v) is 1.83. The number of aliphatic hydroxyl groups excluding tert-OH is 1. The first kappa shape index (κ1) is 7.80. The molecule has 1 aromatic heterocycles. The molecule has 1 aliphatic heterocycles. The minimum absolute atomic E-state index is 0.286. The van der Waals surface area contributed by atoms with Crippen molar-refractivity contribution in [3.8, 4) is 0 Å². The summed E-state index contributed by atoms with van der Waals surface area (Å²) < 4.78 is 2.15. The van der Waals surface area contributed by atoms with Crippen LogP contribution in [-0.2, 0) is 13.0 Å². The van der Waals surface area contributed by atoms with Crippen LogP contribution in [0.5, 0.6) is 0 Å². The van der Waals surface area contributed by atoms with Gasteiger partial charge in [-0.15, -0.1) is 0 Å². The first-order chi connectivity index (χ1) is 5.83. The minimum Gasteiger partial charge on any atom is -0.387 e. The number of fused-ring (bicyclic) bond motifs is 1. The molecule has 66 valence electrons. The lowest BCUT2D eigenvalue weighted by Crippen LogP contribution is -2.16. The maximum absolute atomic E-state index is 9.61. The first-order valence-corrected chi connectivity index (χ1v) is 4.55. The van der Waals surface area contributed by atoms with E-state index < -0.39 is 0 Å². The van der Waals surface area contributed by atoms with Crippen LogP contribution in [0.25, 0.3) is 0 Å². The van der Waals surface area contributed by atoms with Crippen molar-refractivity contribution in [2.24, 2.45) is 0 Å². The van der Waals surface area contributed by atoms with Gasteiger partial charge in [0.15, 0.2) is 0 Å². The Bertz CT molecular complexity index is 280. The Morgan fingerprint density at radius 2 is 2.58 bits per heavy atom. The molecule has 1 aromatic rings. The highest BCUT2D eigenvalue weighted by atomic mass is 16.3. The average molecular weight is 166 g/mol. The Morgan fingerprint density at radius 1 is 1.75 bits per heavy atom. The van der Waals surface area contributed by atoms with Gasteiger partial charge in [-0.25, -0.2) is 4.98 Å². The highest BCUT2D eigenvalue weighted by Crippen LogP contribution is 2.25. The van der Waals surface area contributed by atoms with Crippen LogP contribution in [0, 0.1) is 0 Å². The monoisotopic (exact) mass is 166 g/mol. The van der Waals surface area contributed by atoms with Gasteiger partial charge in [0.1, 0.15) is 5.82 Å². The number of rotatable bonds is 1. The second-order valence-corrected chi connectivity index (χ2v) is 3.26. The molecule has 1 atom stereocenters. The zero-order chi connectivity index (χ0) is 8.55. The Balaban J connectivity index is 2.41. The Kier molecular flexibility index (Phi) is 1.89. The van der Waals surface area contributed by atoms with Gasteiger partial charge >= 0.3 is 0 Å². The fourth-order valence-electron chi connectivity index (χ4n) is 1.83. The zero-order valence-corrected chi connectivity index (χ0v) is 7.32. The summed E-state index contributed by atoms with van der Waals surface area (Å²) in [5, 5.41) is 9.61. The summed E-state index contributed by atoms with van der Waals surface area (Å²) in [6.07, 6.45) is 4.42. The van der Waals surface area contributed by atoms with Crippen molar-refractivity contribution < 1.29 is 5.11 Å². The lowest BCUT2D eigenvalue weighted by molar-refractivity contribution is 0.138. The molecule has 1 N–H and O–H groups in total. The van der Waals surface area contributed by atoms with Crippen LogP contribution in [0.4, 0.5) is 0 Å². The van der Waals surface area contributed by atoms with E-state index in [1.807, 2.05) is 6.20 Å². The molecule has 1 aliphatic rings. The minimum atomic E-state index is -0.286. The largest absolute Gasteiger partial charge is 0.387 e. The maximum atomic E-state index is 9.61. The predicted octanol–water partition coefficient (Wildman–Crippen LogP) is 1.27. The molecule has 1 unspecified atom stereocenters. The molecule has 0 aliphatic carbocycles. The third-order valence-corrected chi connectivity index (χ3v) is 2.49. The molecule has 3 heteroatoms. The van der Waals surface area contributed by atoms with Crippen molar-refractivity contribution in [3.05, 3.63) is 17.7 Å². The summed E-state index contributed by atoms with van der Waals surface area (Å²) in [6.45, 7) is 3.12. The molecule has 0 saturated carbocycles. The third kappa shape index (κ3) is 1.05. The van der Waals surface area contributed by atoms with Crippen LogP contribution < -0.4 is 0 Å². The fraction of sp³-hybridized carbons (Fsp3) is 0.667. The molecule has 0 bridgehead atoms. The molecule has 0 spiro atoms. The number of aryl methyl sites for hydroxylation is 1. The van der Waals surface area contributed by atoms with Crippen LogP contribution in [0.15, 0.2) is 6.20 Å². The number of hydrogen-bond acceptors (Lipinski definition) is 2. The van der Waals surface area contributed by atoms with E-state index in [1.165, 1.54) is 0 Å². The average Bonchev–Trinajstić information content (AvgIpc) is 2.49. The molecule has 2 heterocycles. The van der Waals surface area contributed by atoms with Crippen molar-refractivity contribution >= 4 is 0 Å². The van der Waals surface area contributed by atoms with E-state index in [9.17, 15) is 5.11 Å². The van der Waals surface area contributed by atoms with Gasteiger partial charge in [-0.05, 0) is 12.8 Å². The summed E-state index contributed by atoms with van der Waals surface area (Å²) in [5.74, 6) is 1.10. The van der Waals surface area contributed by atoms with Crippen molar-refractivity contribution in [1.82, 2.24) is 9.55 Å². The Hall–Kier alpha value is -0.830. The van der Waals surface area contributed by atoms with Gasteiger partial charge in [-0.1, -0.05) is 6.92 Å². The van der Waals surface area contributed by atoms with Crippen LogP contribution >= 0.6 is 0 Å². The van der Waals surface area contributed by atoms with E-state index >= 15 is 0 Å². The molecular formula is C9H14N2O. The quantitative estimate of drug-likeness (QED) is 0.682. The maximum Gasteiger partial charge on any atom is 0.108 e. The van der Waals surface area contributed by atoms with Crippen molar-refractivity contribution in [3.63, 3.8) is 0 Å². The highest BCUT2D eigenvalue weighted by Gasteiger charge is 2.19. The van der Waals surface area contributed by atoms with Crippen LogP contribution in [0.3, 0.4) is 0 Å². The third-order valence-electron chi connectivity index (χ3n) is 2.49. The van der Waals surface area contributed by atoms with E-state index in [4.69, 9.17) is 0 Å². The van der Waals surface area contributed by atoms with E-state index in [2.05, 4.69) is 16.5 Å². The molecule has 0 aromatic carbocycles. The summed E-state index contributed by atoms with van der Waals surface area (Å²) in [6, 6.07) is 0. The number of imidazole rings is 1. The Labute approximate surface area is 72.0 Å².